The van der Waals surface area contributed by atoms with Crippen LogP contribution in [0.4, 0.5) is 8.78 Å². The topological polar surface area (TPSA) is 65.5 Å². The van der Waals surface area contributed by atoms with Crippen molar-refractivity contribution in [3.05, 3.63) is 59.4 Å². The molecule has 0 aliphatic heterocycles. The van der Waals surface area contributed by atoms with Crippen LogP contribution in [0.25, 0.3) is 0 Å². The minimum absolute atomic E-state index is 0.0720. The molecule has 1 aromatic heterocycles. The Morgan fingerprint density at radius 3 is 2.41 bits per heavy atom. The molecule has 2 aromatic rings. The Morgan fingerprint density at radius 1 is 1.24 bits per heavy atom. The summed E-state index contributed by atoms with van der Waals surface area (Å²) < 4.78 is 28.2. The maximum absolute atomic E-state index is 14.1. The standard InChI is InChI=1S/C22H27F2N3O2/c1-27(2)16(9-19-20(23)10-17(28)11-21(19)24)13-26-22(29)12-18(14-3-4-14)15-5-7-25-8-6-15/h5-8,10-11,14,16,18,28H,3-4,9,12-13H2,1-2H3,(H,26,29)/t16-,18-/m0/s1. The van der Waals surface area contributed by atoms with Crippen LogP contribution in [0.3, 0.4) is 0 Å². The van der Waals surface area contributed by atoms with Gasteiger partial charge in [0.15, 0.2) is 0 Å². The van der Waals surface area contributed by atoms with E-state index in [1.807, 2.05) is 17.0 Å². The van der Waals surface area contributed by atoms with Crippen LogP contribution in [0.1, 0.15) is 36.3 Å². The van der Waals surface area contributed by atoms with Crippen LogP contribution in [-0.2, 0) is 11.2 Å². The number of rotatable bonds is 9. The molecule has 156 valence electrons. The molecule has 1 aliphatic rings. The largest absolute Gasteiger partial charge is 0.508 e. The molecule has 1 saturated carbocycles. The van der Waals surface area contributed by atoms with E-state index >= 15 is 0 Å². The lowest BCUT2D eigenvalue weighted by Crippen LogP contribution is -2.42. The number of nitrogens with zero attached hydrogens (tertiary/aromatic N) is 2. The number of pyridine rings is 1. The van der Waals surface area contributed by atoms with E-state index in [0.717, 1.165) is 30.5 Å². The van der Waals surface area contributed by atoms with E-state index in [9.17, 15) is 18.7 Å². The number of aromatic nitrogens is 1. The second-order valence-corrected chi connectivity index (χ2v) is 7.94. The molecule has 0 spiro atoms. The number of hydrogen-bond acceptors (Lipinski definition) is 4. The van der Waals surface area contributed by atoms with Crippen molar-refractivity contribution in [2.75, 3.05) is 20.6 Å². The van der Waals surface area contributed by atoms with Gasteiger partial charge in [0.2, 0.25) is 5.91 Å². The smallest absolute Gasteiger partial charge is 0.220 e. The first-order valence-electron chi connectivity index (χ1n) is 9.85. The quantitative estimate of drug-likeness (QED) is 0.675. The Morgan fingerprint density at radius 2 is 1.86 bits per heavy atom. The van der Waals surface area contributed by atoms with Gasteiger partial charge >= 0.3 is 0 Å². The summed E-state index contributed by atoms with van der Waals surface area (Å²) in [5.41, 5.74) is 1.03. The molecule has 1 aromatic carbocycles. The molecule has 0 bridgehead atoms. The molecule has 2 atom stereocenters. The number of phenols is 1. The highest BCUT2D eigenvalue weighted by Crippen LogP contribution is 2.44. The molecule has 3 rings (SSSR count). The second kappa shape index (κ2) is 9.31. The van der Waals surface area contributed by atoms with Crippen LogP contribution in [0.15, 0.2) is 36.7 Å². The minimum atomic E-state index is -0.785. The molecule has 5 nitrogen and oxygen atoms in total. The minimum Gasteiger partial charge on any atom is -0.508 e. The van der Waals surface area contributed by atoms with Crippen molar-refractivity contribution >= 4 is 5.91 Å². The van der Waals surface area contributed by atoms with Gasteiger partial charge in [-0.1, -0.05) is 0 Å². The van der Waals surface area contributed by atoms with E-state index in [-0.39, 0.29) is 36.4 Å². The zero-order valence-electron chi connectivity index (χ0n) is 16.7. The lowest BCUT2D eigenvalue weighted by molar-refractivity contribution is -0.121. The lowest BCUT2D eigenvalue weighted by atomic mass is 9.91. The molecule has 2 N–H and O–H groups in total. The highest BCUT2D eigenvalue weighted by atomic mass is 19.1. The summed E-state index contributed by atoms with van der Waals surface area (Å²) in [5, 5.41) is 12.2. The van der Waals surface area contributed by atoms with E-state index in [1.54, 1.807) is 26.5 Å². The Balaban J connectivity index is 1.61. The first-order chi connectivity index (χ1) is 13.8. The first kappa shape index (κ1) is 21.2. The summed E-state index contributed by atoms with van der Waals surface area (Å²) in [4.78, 5) is 18.5. The van der Waals surface area contributed by atoms with Crippen LogP contribution in [0.5, 0.6) is 5.75 Å². The number of likely N-dealkylation sites (N-methyl/N-ethyl adjacent to an activating group) is 1. The maximum Gasteiger partial charge on any atom is 0.220 e. The van der Waals surface area contributed by atoms with Crippen LogP contribution in [-0.4, -0.2) is 47.6 Å². The Hall–Kier alpha value is -2.54. The number of carbonyl (C=O) groups is 1. The average Bonchev–Trinajstić information content (AvgIpc) is 3.50. The number of nitrogens with one attached hydrogen (secondary N) is 1. The number of phenolic OH excluding ortho intramolecular Hbond substituents is 1. The monoisotopic (exact) mass is 403 g/mol. The number of amides is 1. The summed E-state index contributed by atoms with van der Waals surface area (Å²) in [6, 6.07) is 5.43. The maximum atomic E-state index is 14.1. The molecule has 0 unspecified atom stereocenters. The second-order valence-electron chi connectivity index (χ2n) is 7.94. The Bertz CT molecular complexity index is 818. The highest BCUT2D eigenvalue weighted by molar-refractivity contribution is 5.77. The predicted molar refractivity (Wildman–Crippen MR) is 107 cm³/mol. The zero-order chi connectivity index (χ0) is 21.0. The summed E-state index contributed by atoms with van der Waals surface area (Å²) >= 11 is 0. The molecule has 1 aliphatic carbocycles. The fourth-order valence-electron chi connectivity index (χ4n) is 3.63. The van der Waals surface area contributed by atoms with Gasteiger partial charge in [-0.25, -0.2) is 8.78 Å². The molecule has 29 heavy (non-hydrogen) atoms. The van der Waals surface area contributed by atoms with Gasteiger partial charge in [-0.05, 0) is 62.9 Å². The molecule has 7 heteroatoms. The SMILES string of the molecule is CN(C)[C@H](CNC(=O)C[C@H](c1ccncc1)C1CC1)Cc1c(F)cc(O)cc1F. The number of aromatic hydroxyl groups is 1. The van der Waals surface area contributed by atoms with Gasteiger partial charge in [0.1, 0.15) is 17.4 Å². The van der Waals surface area contributed by atoms with Crippen LogP contribution in [0.2, 0.25) is 0 Å². The third-order valence-corrected chi connectivity index (χ3v) is 5.56. The van der Waals surface area contributed by atoms with Crippen molar-refractivity contribution in [1.29, 1.82) is 0 Å². The van der Waals surface area contributed by atoms with Gasteiger partial charge < -0.3 is 15.3 Å². The number of halogens is 2. The highest BCUT2D eigenvalue weighted by Gasteiger charge is 2.33. The van der Waals surface area contributed by atoms with Gasteiger partial charge in [-0.15, -0.1) is 0 Å². The molecule has 0 saturated heterocycles. The van der Waals surface area contributed by atoms with Gasteiger partial charge in [-0.2, -0.15) is 0 Å². The summed E-state index contributed by atoms with van der Waals surface area (Å²) in [7, 11) is 3.61. The zero-order valence-corrected chi connectivity index (χ0v) is 16.7. The number of carbonyl (C=O) groups excluding carboxylic acids is 1. The predicted octanol–water partition coefficient (Wildman–Crippen LogP) is 3.24. The van der Waals surface area contributed by atoms with Crippen LogP contribution in [0, 0.1) is 17.6 Å². The van der Waals surface area contributed by atoms with Gasteiger partial charge in [0, 0.05) is 49.1 Å². The van der Waals surface area contributed by atoms with Crippen molar-refractivity contribution in [3.63, 3.8) is 0 Å². The Kier molecular flexibility index (Phi) is 6.79. The molecular weight excluding hydrogens is 376 g/mol. The average molecular weight is 403 g/mol. The van der Waals surface area contributed by atoms with Gasteiger partial charge in [0.25, 0.3) is 0 Å². The van der Waals surface area contributed by atoms with Crippen molar-refractivity contribution in [3.8, 4) is 5.75 Å². The number of hydrogen-bond donors (Lipinski definition) is 2. The fourth-order valence-corrected chi connectivity index (χ4v) is 3.63. The van der Waals surface area contributed by atoms with Crippen molar-refractivity contribution in [2.24, 2.45) is 5.92 Å². The third kappa shape index (κ3) is 5.73. The van der Waals surface area contributed by atoms with E-state index in [4.69, 9.17) is 0 Å². The summed E-state index contributed by atoms with van der Waals surface area (Å²) in [5.74, 6) is -1.40. The Labute approximate surface area is 169 Å². The van der Waals surface area contributed by atoms with Crippen LogP contribution >= 0.6 is 0 Å². The fraction of sp³-hybridized carbons (Fsp3) is 0.455. The van der Waals surface area contributed by atoms with Crippen molar-refractivity contribution < 1.29 is 18.7 Å². The van der Waals surface area contributed by atoms with E-state index < -0.39 is 17.4 Å². The molecule has 1 fully saturated rings. The van der Waals surface area contributed by atoms with E-state index in [2.05, 4.69) is 10.3 Å². The third-order valence-electron chi connectivity index (χ3n) is 5.56. The molecule has 0 radical (unpaired) electrons. The van der Waals surface area contributed by atoms with E-state index in [1.165, 1.54) is 0 Å². The van der Waals surface area contributed by atoms with Gasteiger partial charge in [0.05, 0.1) is 0 Å². The normalized spacial score (nSPS) is 15.9. The van der Waals surface area contributed by atoms with Crippen LogP contribution < -0.4 is 5.32 Å². The molecular formula is C22H27F2N3O2. The molecule has 1 heterocycles. The van der Waals surface area contributed by atoms with Crippen molar-refractivity contribution in [2.45, 2.75) is 37.6 Å². The molecule has 1 amide bonds. The summed E-state index contributed by atoms with van der Waals surface area (Å²) in [6.07, 6.45) is 6.20. The van der Waals surface area contributed by atoms with Gasteiger partial charge in [-0.3, -0.25) is 9.78 Å². The first-order valence-corrected chi connectivity index (χ1v) is 9.85. The van der Waals surface area contributed by atoms with E-state index in [0.29, 0.717) is 12.3 Å². The summed E-state index contributed by atoms with van der Waals surface area (Å²) in [6.45, 7) is 0.277. The number of benzene rings is 1. The lowest BCUT2D eigenvalue weighted by Gasteiger charge is -2.26. The van der Waals surface area contributed by atoms with Crippen molar-refractivity contribution in [1.82, 2.24) is 15.2 Å².